The van der Waals surface area contributed by atoms with Gasteiger partial charge in [0.2, 0.25) is 0 Å². The van der Waals surface area contributed by atoms with Gasteiger partial charge in [-0.2, -0.15) is 0 Å². The van der Waals surface area contributed by atoms with Gasteiger partial charge in [-0.3, -0.25) is 0 Å². The van der Waals surface area contributed by atoms with Crippen LogP contribution in [-0.4, -0.2) is 12.8 Å². The molecule has 0 atom stereocenters. The Bertz CT molecular complexity index is 581. The predicted octanol–water partition coefficient (Wildman–Crippen LogP) is 3.99. The van der Waals surface area contributed by atoms with Crippen molar-refractivity contribution in [2.75, 3.05) is 23.4 Å². The Hall–Kier alpha value is -1.61. The van der Waals surface area contributed by atoms with E-state index in [2.05, 4.69) is 59.4 Å². The largest absolute Gasteiger partial charge is 0.384 e. The summed E-state index contributed by atoms with van der Waals surface area (Å²) in [5, 5.41) is 7.00. The fourth-order valence-corrected chi connectivity index (χ4v) is 2.95. The first-order chi connectivity index (χ1) is 9.36. The highest BCUT2D eigenvalue weighted by Crippen LogP contribution is 2.27. The summed E-state index contributed by atoms with van der Waals surface area (Å²) in [5.74, 6) is 0. The van der Waals surface area contributed by atoms with E-state index in [0.29, 0.717) is 0 Å². The highest BCUT2D eigenvalue weighted by molar-refractivity contribution is 7.98. The molecule has 1 heterocycles. The minimum Gasteiger partial charge on any atom is -0.384 e. The summed E-state index contributed by atoms with van der Waals surface area (Å²) in [6, 6.07) is 15.1. The standard InChI is InChI=1S/C16H18N2S/c1-19-15-7-3-6-14(10-15)18-11-13-5-2-4-12-8-9-17-16(12)13/h2-7,10,17-18H,8-9,11H2,1H3. The molecule has 0 aromatic heterocycles. The summed E-state index contributed by atoms with van der Waals surface area (Å²) in [5.41, 5.74) is 5.31. The van der Waals surface area contributed by atoms with Crippen molar-refractivity contribution in [3.63, 3.8) is 0 Å². The van der Waals surface area contributed by atoms with Crippen molar-refractivity contribution in [3.05, 3.63) is 53.6 Å². The molecule has 2 aromatic rings. The number of thioether (sulfide) groups is 1. The lowest BCUT2D eigenvalue weighted by Gasteiger charge is -2.11. The molecule has 0 spiro atoms. The number of para-hydroxylation sites is 1. The number of fused-ring (bicyclic) bond motifs is 1. The zero-order valence-corrected chi connectivity index (χ0v) is 11.9. The number of benzene rings is 2. The lowest BCUT2D eigenvalue weighted by atomic mass is 10.1. The van der Waals surface area contributed by atoms with Crippen LogP contribution in [0.2, 0.25) is 0 Å². The lowest BCUT2D eigenvalue weighted by molar-refractivity contribution is 1.11. The summed E-state index contributed by atoms with van der Waals surface area (Å²) in [4.78, 5) is 1.29. The molecule has 0 unspecified atom stereocenters. The summed E-state index contributed by atoms with van der Waals surface area (Å²) in [6.07, 6.45) is 3.25. The van der Waals surface area contributed by atoms with Gasteiger partial charge in [0.25, 0.3) is 0 Å². The van der Waals surface area contributed by atoms with Gasteiger partial charge in [-0.15, -0.1) is 11.8 Å². The van der Waals surface area contributed by atoms with Crippen LogP contribution in [0, 0.1) is 0 Å². The van der Waals surface area contributed by atoms with Crippen LogP contribution in [0.15, 0.2) is 47.4 Å². The highest BCUT2D eigenvalue weighted by Gasteiger charge is 2.12. The maximum absolute atomic E-state index is 3.51. The minimum absolute atomic E-state index is 0.869. The van der Waals surface area contributed by atoms with E-state index in [-0.39, 0.29) is 0 Å². The Morgan fingerprint density at radius 3 is 3.00 bits per heavy atom. The monoisotopic (exact) mass is 270 g/mol. The Morgan fingerprint density at radius 1 is 1.21 bits per heavy atom. The van der Waals surface area contributed by atoms with E-state index >= 15 is 0 Å². The molecule has 0 saturated carbocycles. The van der Waals surface area contributed by atoms with Crippen molar-refractivity contribution in [1.29, 1.82) is 0 Å². The molecule has 2 aromatic carbocycles. The Morgan fingerprint density at radius 2 is 2.11 bits per heavy atom. The van der Waals surface area contributed by atoms with E-state index in [4.69, 9.17) is 0 Å². The molecule has 0 saturated heterocycles. The average molecular weight is 270 g/mol. The molecular weight excluding hydrogens is 252 g/mol. The van der Waals surface area contributed by atoms with Gasteiger partial charge < -0.3 is 10.6 Å². The molecule has 3 rings (SSSR count). The van der Waals surface area contributed by atoms with Crippen LogP contribution in [0.3, 0.4) is 0 Å². The maximum Gasteiger partial charge on any atom is 0.0424 e. The number of nitrogens with one attached hydrogen (secondary N) is 2. The first-order valence-corrected chi connectivity index (χ1v) is 7.82. The average Bonchev–Trinajstić information content (AvgIpc) is 2.94. The molecule has 0 fully saturated rings. The Labute approximate surface area is 118 Å². The van der Waals surface area contributed by atoms with Crippen LogP contribution in [0.1, 0.15) is 11.1 Å². The molecule has 0 amide bonds. The third-order valence-corrected chi connectivity index (χ3v) is 4.21. The summed E-state index contributed by atoms with van der Waals surface area (Å²) < 4.78 is 0. The van der Waals surface area contributed by atoms with Crippen molar-refractivity contribution >= 4 is 23.1 Å². The van der Waals surface area contributed by atoms with E-state index in [1.807, 2.05) is 0 Å². The molecule has 0 radical (unpaired) electrons. The van der Waals surface area contributed by atoms with Crippen molar-refractivity contribution < 1.29 is 0 Å². The first-order valence-electron chi connectivity index (χ1n) is 6.59. The van der Waals surface area contributed by atoms with Crippen LogP contribution < -0.4 is 10.6 Å². The Kier molecular flexibility index (Phi) is 3.65. The van der Waals surface area contributed by atoms with Gasteiger partial charge in [0.1, 0.15) is 0 Å². The smallest absolute Gasteiger partial charge is 0.0424 e. The van der Waals surface area contributed by atoms with E-state index in [1.54, 1.807) is 11.8 Å². The fourth-order valence-electron chi connectivity index (χ4n) is 2.49. The molecule has 0 aliphatic carbocycles. The normalized spacial score (nSPS) is 12.9. The van der Waals surface area contributed by atoms with Gasteiger partial charge in [-0.05, 0) is 42.0 Å². The number of hydrogen-bond acceptors (Lipinski definition) is 3. The van der Waals surface area contributed by atoms with Gasteiger partial charge in [0, 0.05) is 29.4 Å². The molecule has 0 bridgehead atoms. The highest BCUT2D eigenvalue weighted by atomic mass is 32.2. The SMILES string of the molecule is CSc1cccc(NCc2cccc3c2NCC3)c1. The van der Waals surface area contributed by atoms with Crippen LogP contribution in [0.4, 0.5) is 11.4 Å². The number of anilines is 2. The third kappa shape index (κ3) is 2.71. The second-order valence-corrected chi connectivity index (χ2v) is 5.59. The van der Waals surface area contributed by atoms with E-state index in [0.717, 1.165) is 19.5 Å². The molecule has 2 nitrogen and oxygen atoms in total. The fraction of sp³-hybridized carbons (Fsp3) is 0.250. The van der Waals surface area contributed by atoms with Gasteiger partial charge in [0.05, 0.1) is 0 Å². The van der Waals surface area contributed by atoms with E-state index in [1.165, 1.54) is 27.4 Å². The quantitative estimate of drug-likeness (QED) is 0.822. The molecule has 19 heavy (non-hydrogen) atoms. The summed E-state index contributed by atoms with van der Waals surface area (Å²) in [6.45, 7) is 1.93. The summed E-state index contributed by atoms with van der Waals surface area (Å²) >= 11 is 1.77. The van der Waals surface area contributed by atoms with Gasteiger partial charge in [-0.25, -0.2) is 0 Å². The number of hydrogen-bond donors (Lipinski definition) is 2. The van der Waals surface area contributed by atoms with Crippen LogP contribution in [-0.2, 0) is 13.0 Å². The molecule has 2 N–H and O–H groups in total. The van der Waals surface area contributed by atoms with Crippen molar-refractivity contribution in [1.82, 2.24) is 0 Å². The number of rotatable bonds is 4. The van der Waals surface area contributed by atoms with Crippen LogP contribution in [0.5, 0.6) is 0 Å². The Balaban J connectivity index is 1.74. The van der Waals surface area contributed by atoms with Crippen molar-refractivity contribution in [2.45, 2.75) is 17.9 Å². The first kappa shape index (κ1) is 12.4. The molecule has 98 valence electrons. The van der Waals surface area contributed by atoms with E-state index in [9.17, 15) is 0 Å². The second kappa shape index (κ2) is 5.57. The molecule has 3 heteroatoms. The van der Waals surface area contributed by atoms with Crippen LogP contribution >= 0.6 is 11.8 Å². The molecule has 1 aliphatic heterocycles. The van der Waals surface area contributed by atoms with Crippen molar-refractivity contribution in [2.24, 2.45) is 0 Å². The topological polar surface area (TPSA) is 24.1 Å². The molecular formula is C16H18N2S. The zero-order valence-electron chi connectivity index (χ0n) is 11.1. The second-order valence-electron chi connectivity index (χ2n) is 4.71. The summed E-state index contributed by atoms with van der Waals surface area (Å²) in [7, 11) is 0. The minimum atomic E-state index is 0.869. The predicted molar refractivity (Wildman–Crippen MR) is 84.2 cm³/mol. The van der Waals surface area contributed by atoms with E-state index < -0.39 is 0 Å². The third-order valence-electron chi connectivity index (χ3n) is 3.49. The van der Waals surface area contributed by atoms with Gasteiger partial charge in [-0.1, -0.05) is 24.3 Å². The van der Waals surface area contributed by atoms with Gasteiger partial charge in [0.15, 0.2) is 0 Å². The maximum atomic E-state index is 3.51. The van der Waals surface area contributed by atoms with Crippen molar-refractivity contribution in [3.8, 4) is 0 Å². The van der Waals surface area contributed by atoms with Crippen LogP contribution in [0.25, 0.3) is 0 Å². The molecule has 1 aliphatic rings. The lowest BCUT2D eigenvalue weighted by Crippen LogP contribution is -2.03. The van der Waals surface area contributed by atoms with Gasteiger partial charge >= 0.3 is 0 Å². The zero-order chi connectivity index (χ0) is 13.1.